The Hall–Kier alpha value is -1.82. The molecule has 1 aliphatic heterocycles. The Morgan fingerprint density at radius 1 is 1.39 bits per heavy atom. The monoisotopic (exact) mass is 334 g/mol. The molecule has 5 nitrogen and oxygen atoms in total. The van der Waals surface area contributed by atoms with Gasteiger partial charge in [-0.2, -0.15) is 0 Å². The summed E-state index contributed by atoms with van der Waals surface area (Å²) in [5, 5.41) is 0.701. The lowest BCUT2D eigenvalue weighted by molar-refractivity contribution is -0.133. The van der Waals surface area contributed by atoms with E-state index in [9.17, 15) is 4.79 Å². The van der Waals surface area contributed by atoms with E-state index in [1.54, 1.807) is 18.4 Å². The molecule has 0 radical (unpaired) electrons. The third-order valence-corrected chi connectivity index (χ3v) is 5.01. The molecule has 1 aliphatic rings. The van der Waals surface area contributed by atoms with Crippen LogP contribution in [-0.2, 0) is 4.79 Å². The fourth-order valence-corrected chi connectivity index (χ4v) is 3.71. The highest BCUT2D eigenvalue weighted by Crippen LogP contribution is 2.32. The first-order chi connectivity index (χ1) is 11.2. The summed E-state index contributed by atoms with van der Waals surface area (Å²) >= 11 is 1.54. The molecule has 1 amide bonds. The van der Waals surface area contributed by atoms with E-state index < -0.39 is 0 Å². The predicted octanol–water partition coefficient (Wildman–Crippen LogP) is 3.47. The standard InChI is InChI=1S/C17H22N2O3S/c1-3-4-16(20)19-9-7-12(8-10-19)22-17-18-14-6-5-13(21-2)11-15(14)23-17/h5-6,11-12H,3-4,7-10H2,1-2H3. The molecule has 1 fully saturated rings. The van der Waals surface area contributed by atoms with Gasteiger partial charge in [0, 0.05) is 32.4 Å². The van der Waals surface area contributed by atoms with Crippen LogP contribution < -0.4 is 9.47 Å². The van der Waals surface area contributed by atoms with Gasteiger partial charge in [0.2, 0.25) is 5.91 Å². The molecule has 1 aromatic heterocycles. The van der Waals surface area contributed by atoms with Crippen LogP contribution in [0.15, 0.2) is 18.2 Å². The average molecular weight is 334 g/mol. The Labute approximate surface area is 140 Å². The average Bonchev–Trinajstić information content (AvgIpc) is 2.96. The fourth-order valence-electron chi connectivity index (χ4n) is 2.80. The fraction of sp³-hybridized carbons (Fsp3) is 0.529. The van der Waals surface area contributed by atoms with Gasteiger partial charge >= 0.3 is 0 Å². The minimum absolute atomic E-state index is 0.142. The lowest BCUT2D eigenvalue weighted by atomic mass is 10.1. The second-order valence-corrected chi connectivity index (χ2v) is 6.75. The van der Waals surface area contributed by atoms with Crippen molar-refractivity contribution in [2.75, 3.05) is 20.2 Å². The first-order valence-corrected chi connectivity index (χ1v) is 8.90. The molecule has 0 bridgehead atoms. The van der Waals surface area contributed by atoms with Gasteiger partial charge in [-0.3, -0.25) is 4.79 Å². The number of benzene rings is 1. The van der Waals surface area contributed by atoms with Crippen molar-refractivity contribution < 1.29 is 14.3 Å². The quantitative estimate of drug-likeness (QED) is 0.840. The molecule has 23 heavy (non-hydrogen) atoms. The smallest absolute Gasteiger partial charge is 0.274 e. The summed E-state index contributed by atoms with van der Waals surface area (Å²) in [7, 11) is 1.66. The molecule has 0 unspecified atom stereocenters. The van der Waals surface area contributed by atoms with Crippen LogP contribution in [0, 0.1) is 0 Å². The van der Waals surface area contributed by atoms with Gasteiger partial charge in [0.05, 0.1) is 17.3 Å². The topological polar surface area (TPSA) is 51.7 Å². The summed E-state index contributed by atoms with van der Waals surface area (Å²) in [5.74, 6) is 1.09. The molecular weight excluding hydrogens is 312 g/mol. The van der Waals surface area contributed by atoms with Crippen LogP contribution in [0.5, 0.6) is 10.9 Å². The highest BCUT2D eigenvalue weighted by molar-refractivity contribution is 7.20. The van der Waals surface area contributed by atoms with Crippen LogP contribution in [0.3, 0.4) is 0 Å². The molecule has 2 heterocycles. The van der Waals surface area contributed by atoms with E-state index >= 15 is 0 Å². The largest absolute Gasteiger partial charge is 0.497 e. The number of likely N-dealkylation sites (tertiary alicyclic amines) is 1. The zero-order chi connectivity index (χ0) is 16.2. The van der Waals surface area contributed by atoms with E-state index in [1.165, 1.54) is 0 Å². The number of amides is 1. The lowest BCUT2D eigenvalue weighted by Crippen LogP contribution is -2.41. The van der Waals surface area contributed by atoms with Gasteiger partial charge in [0.15, 0.2) is 0 Å². The van der Waals surface area contributed by atoms with Crippen molar-refractivity contribution in [2.24, 2.45) is 0 Å². The lowest BCUT2D eigenvalue weighted by Gasteiger charge is -2.31. The van der Waals surface area contributed by atoms with Crippen molar-refractivity contribution in [2.45, 2.75) is 38.7 Å². The third-order valence-electron chi connectivity index (χ3n) is 4.10. The number of thiazole rings is 1. The maximum Gasteiger partial charge on any atom is 0.274 e. The maximum absolute atomic E-state index is 11.9. The Bertz CT molecular complexity index is 678. The summed E-state index contributed by atoms with van der Waals surface area (Å²) in [5.41, 5.74) is 0.932. The number of aromatic nitrogens is 1. The van der Waals surface area contributed by atoms with E-state index in [0.717, 1.165) is 48.3 Å². The number of fused-ring (bicyclic) bond motifs is 1. The normalized spacial score (nSPS) is 15.8. The molecule has 0 saturated carbocycles. The van der Waals surface area contributed by atoms with Crippen LogP contribution in [0.1, 0.15) is 32.6 Å². The minimum atomic E-state index is 0.142. The van der Waals surface area contributed by atoms with Crippen LogP contribution >= 0.6 is 11.3 Å². The number of rotatable bonds is 5. The molecule has 0 aliphatic carbocycles. The number of carbonyl (C=O) groups excluding carboxylic acids is 1. The summed E-state index contributed by atoms with van der Waals surface area (Å²) in [4.78, 5) is 18.4. The Morgan fingerprint density at radius 3 is 2.87 bits per heavy atom. The van der Waals surface area contributed by atoms with Gasteiger partial charge in [-0.15, -0.1) is 0 Å². The number of nitrogens with zero attached hydrogens (tertiary/aromatic N) is 2. The molecule has 124 valence electrons. The van der Waals surface area contributed by atoms with Gasteiger partial charge in [0.25, 0.3) is 5.19 Å². The number of hydrogen-bond donors (Lipinski definition) is 0. The Morgan fingerprint density at radius 2 is 2.17 bits per heavy atom. The predicted molar refractivity (Wildman–Crippen MR) is 91.3 cm³/mol. The molecule has 6 heteroatoms. The number of piperidine rings is 1. The van der Waals surface area contributed by atoms with Crippen LogP contribution in [0.4, 0.5) is 0 Å². The first-order valence-electron chi connectivity index (χ1n) is 8.08. The maximum atomic E-state index is 11.9. The molecule has 0 atom stereocenters. The third kappa shape index (κ3) is 3.75. The Balaban J connectivity index is 1.59. The van der Waals surface area contributed by atoms with Gasteiger partial charge < -0.3 is 14.4 Å². The van der Waals surface area contributed by atoms with Crippen LogP contribution in [0.2, 0.25) is 0 Å². The SMILES string of the molecule is CCCC(=O)N1CCC(Oc2nc3ccc(OC)cc3s2)CC1. The molecule has 3 rings (SSSR count). The second kappa shape index (κ2) is 7.17. The van der Waals surface area contributed by atoms with Crippen LogP contribution in [-0.4, -0.2) is 42.1 Å². The number of methoxy groups -OCH3 is 1. The van der Waals surface area contributed by atoms with Crippen molar-refractivity contribution in [1.29, 1.82) is 0 Å². The van der Waals surface area contributed by atoms with Crippen LogP contribution in [0.25, 0.3) is 10.2 Å². The van der Waals surface area contributed by atoms with Crippen molar-refractivity contribution in [1.82, 2.24) is 9.88 Å². The second-order valence-electron chi connectivity index (χ2n) is 5.76. The van der Waals surface area contributed by atoms with E-state index in [-0.39, 0.29) is 12.0 Å². The van der Waals surface area contributed by atoms with Crippen molar-refractivity contribution in [3.63, 3.8) is 0 Å². The highest BCUT2D eigenvalue weighted by Gasteiger charge is 2.24. The van der Waals surface area contributed by atoms with Gasteiger partial charge in [-0.1, -0.05) is 18.3 Å². The van der Waals surface area contributed by atoms with E-state index in [4.69, 9.17) is 9.47 Å². The van der Waals surface area contributed by atoms with E-state index in [1.807, 2.05) is 30.0 Å². The van der Waals surface area contributed by atoms with Crippen molar-refractivity contribution >= 4 is 27.5 Å². The summed E-state index contributed by atoms with van der Waals surface area (Å²) in [6.45, 7) is 3.60. The highest BCUT2D eigenvalue weighted by atomic mass is 32.1. The van der Waals surface area contributed by atoms with Crippen molar-refractivity contribution in [3.05, 3.63) is 18.2 Å². The summed E-state index contributed by atoms with van der Waals surface area (Å²) in [6.07, 6.45) is 3.43. The van der Waals surface area contributed by atoms with Crippen molar-refractivity contribution in [3.8, 4) is 10.9 Å². The number of hydrogen-bond acceptors (Lipinski definition) is 5. The van der Waals surface area contributed by atoms with Gasteiger partial charge in [-0.25, -0.2) is 4.98 Å². The Kier molecular flexibility index (Phi) is 5.00. The molecular formula is C17H22N2O3S. The minimum Gasteiger partial charge on any atom is -0.497 e. The van der Waals surface area contributed by atoms with Gasteiger partial charge in [-0.05, 0) is 24.6 Å². The molecule has 1 aromatic carbocycles. The molecule has 1 saturated heterocycles. The zero-order valence-corrected chi connectivity index (χ0v) is 14.4. The molecule has 0 N–H and O–H groups in total. The van der Waals surface area contributed by atoms with E-state index in [2.05, 4.69) is 4.98 Å². The summed E-state index contributed by atoms with van der Waals surface area (Å²) in [6, 6.07) is 5.83. The number of ether oxygens (including phenoxy) is 2. The first kappa shape index (κ1) is 16.1. The summed E-state index contributed by atoms with van der Waals surface area (Å²) < 4.78 is 12.3. The molecule has 2 aromatic rings. The van der Waals surface area contributed by atoms with Gasteiger partial charge in [0.1, 0.15) is 11.9 Å². The zero-order valence-electron chi connectivity index (χ0n) is 13.6. The van der Waals surface area contributed by atoms with E-state index in [0.29, 0.717) is 11.6 Å². The molecule has 0 spiro atoms. The number of carbonyl (C=O) groups is 1.